The van der Waals surface area contributed by atoms with Crippen molar-refractivity contribution in [3.8, 4) is 17.2 Å². The van der Waals surface area contributed by atoms with Gasteiger partial charge in [-0.2, -0.15) is 0 Å². The highest BCUT2D eigenvalue weighted by molar-refractivity contribution is 6.46. The number of likely N-dealkylation sites (tertiary alicyclic amines) is 1. The average Bonchev–Trinajstić information content (AvgIpc) is 3.07. The molecule has 1 heterocycles. The van der Waals surface area contributed by atoms with Crippen LogP contribution >= 0.6 is 23.2 Å². The van der Waals surface area contributed by atoms with Crippen molar-refractivity contribution in [2.24, 2.45) is 0 Å². The largest absolute Gasteiger partial charge is 0.507 e. The van der Waals surface area contributed by atoms with E-state index in [1.165, 1.54) is 38.4 Å². The summed E-state index contributed by atoms with van der Waals surface area (Å²) in [5, 5.41) is 11.5. The van der Waals surface area contributed by atoms with Crippen LogP contribution in [0.2, 0.25) is 10.0 Å². The van der Waals surface area contributed by atoms with E-state index in [0.717, 1.165) is 0 Å². The lowest BCUT2D eigenvalue weighted by Crippen LogP contribution is -2.32. The van der Waals surface area contributed by atoms with E-state index in [0.29, 0.717) is 23.7 Å². The first-order valence-electron chi connectivity index (χ1n) is 10.4. The maximum absolute atomic E-state index is 13.1. The highest BCUT2D eigenvalue weighted by Gasteiger charge is 2.46. The third kappa shape index (κ3) is 4.80. The van der Waals surface area contributed by atoms with Crippen molar-refractivity contribution in [1.29, 1.82) is 0 Å². The number of ketones is 1. The first-order chi connectivity index (χ1) is 16.3. The number of benzene rings is 2. The molecule has 1 N–H and O–H groups in total. The Bertz CT molecular complexity index is 1110. The number of carbonyl (C=O) groups excluding carboxylic acids is 2. The summed E-state index contributed by atoms with van der Waals surface area (Å²) >= 11 is 12.5. The Morgan fingerprint density at radius 1 is 1.03 bits per heavy atom. The van der Waals surface area contributed by atoms with E-state index in [1.54, 1.807) is 18.2 Å². The van der Waals surface area contributed by atoms with Crippen LogP contribution in [0.25, 0.3) is 5.76 Å². The third-order valence-corrected chi connectivity index (χ3v) is 5.92. The molecule has 10 heteroatoms. The van der Waals surface area contributed by atoms with Crippen LogP contribution in [-0.4, -0.2) is 62.8 Å². The van der Waals surface area contributed by atoms with Crippen molar-refractivity contribution >= 4 is 40.7 Å². The molecule has 1 unspecified atom stereocenters. The molecule has 1 fully saturated rings. The molecule has 1 amide bonds. The maximum atomic E-state index is 13.1. The fourth-order valence-corrected chi connectivity index (χ4v) is 4.46. The number of hydrogen-bond donors (Lipinski definition) is 1. The molecule has 0 bridgehead atoms. The maximum Gasteiger partial charge on any atom is 0.295 e. The van der Waals surface area contributed by atoms with Crippen molar-refractivity contribution in [3.63, 3.8) is 0 Å². The van der Waals surface area contributed by atoms with Gasteiger partial charge in [-0.3, -0.25) is 9.59 Å². The quantitative estimate of drug-likeness (QED) is 0.302. The van der Waals surface area contributed by atoms with E-state index in [4.69, 9.17) is 42.1 Å². The van der Waals surface area contributed by atoms with Gasteiger partial charge in [-0.15, -0.1) is 0 Å². The number of methoxy groups -OCH3 is 3. The Hall–Kier alpha value is -2.94. The molecule has 1 saturated heterocycles. The Kier molecular flexibility index (Phi) is 8.30. The smallest absolute Gasteiger partial charge is 0.295 e. The number of halogens is 2. The lowest BCUT2D eigenvalue weighted by atomic mass is 9.95. The second-order valence-corrected chi connectivity index (χ2v) is 8.12. The molecule has 0 spiro atoms. The van der Waals surface area contributed by atoms with Crippen LogP contribution in [0.15, 0.2) is 35.9 Å². The van der Waals surface area contributed by atoms with Crippen LogP contribution in [0.3, 0.4) is 0 Å². The van der Waals surface area contributed by atoms with Crippen LogP contribution in [0.4, 0.5) is 0 Å². The van der Waals surface area contributed by atoms with Gasteiger partial charge < -0.3 is 29.0 Å². The van der Waals surface area contributed by atoms with Crippen molar-refractivity contribution in [2.45, 2.75) is 13.0 Å². The second-order valence-electron chi connectivity index (χ2n) is 7.30. The molecule has 2 aromatic carbocycles. The van der Waals surface area contributed by atoms with E-state index in [-0.39, 0.29) is 40.1 Å². The fraction of sp³-hybridized carbons (Fsp3) is 0.333. The van der Waals surface area contributed by atoms with E-state index in [2.05, 4.69) is 0 Å². The van der Waals surface area contributed by atoms with Crippen LogP contribution < -0.4 is 14.2 Å². The van der Waals surface area contributed by atoms with Crippen LogP contribution in [0.5, 0.6) is 17.2 Å². The number of nitrogens with zero attached hydrogens (tertiary/aromatic N) is 1. The molecule has 8 nitrogen and oxygen atoms in total. The lowest BCUT2D eigenvalue weighted by Gasteiger charge is -2.25. The van der Waals surface area contributed by atoms with Gasteiger partial charge in [0.1, 0.15) is 5.76 Å². The van der Waals surface area contributed by atoms with Crippen molar-refractivity contribution < 1.29 is 33.6 Å². The summed E-state index contributed by atoms with van der Waals surface area (Å²) in [7, 11) is 4.39. The molecule has 34 heavy (non-hydrogen) atoms. The standard InChI is InChI=1S/C24H25Cl2NO7/c1-5-34-17-7-6-13(12-18(17)32-3)20-19(22(29)24(30)27(20)8-9-31-2)21(28)14-10-15(25)23(33-4)16(26)11-14/h6-7,10-12,20,28H,5,8-9H2,1-4H3/b21-19+. The summed E-state index contributed by atoms with van der Waals surface area (Å²) in [6.45, 7) is 2.60. The van der Waals surface area contributed by atoms with E-state index in [9.17, 15) is 14.7 Å². The fourth-order valence-electron chi connectivity index (χ4n) is 3.82. The van der Waals surface area contributed by atoms with Gasteiger partial charge in [-0.25, -0.2) is 0 Å². The Balaban J connectivity index is 2.22. The monoisotopic (exact) mass is 509 g/mol. The van der Waals surface area contributed by atoms with Crippen LogP contribution in [0.1, 0.15) is 24.1 Å². The van der Waals surface area contributed by atoms with Crippen molar-refractivity contribution in [2.75, 3.05) is 41.1 Å². The van der Waals surface area contributed by atoms with Gasteiger partial charge in [0.15, 0.2) is 17.2 Å². The van der Waals surface area contributed by atoms with E-state index >= 15 is 0 Å². The molecule has 1 aliphatic rings. The topological polar surface area (TPSA) is 94.5 Å². The zero-order chi connectivity index (χ0) is 25.0. The van der Waals surface area contributed by atoms with Gasteiger partial charge in [-0.05, 0) is 36.8 Å². The minimum absolute atomic E-state index is 0.107. The normalized spacial score (nSPS) is 17.2. The molecular weight excluding hydrogens is 485 g/mol. The van der Waals surface area contributed by atoms with Gasteiger partial charge in [0.25, 0.3) is 11.7 Å². The SMILES string of the molecule is CCOc1ccc(C2/C(=C(\O)c3cc(Cl)c(OC)c(Cl)c3)C(=O)C(=O)N2CCOC)cc1OC. The molecule has 182 valence electrons. The number of aliphatic hydroxyl groups is 1. The highest BCUT2D eigenvalue weighted by Crippen LogP contribution is 2.43. The summed E-state index contributed by atoms with van der Waals surface area (Å²) in [6.07, 6.45) is 0. The lowest BCUT2D eigenvalue weighted by molar-refractivity contribution is -0.140. The Morgan fingerprint density at radius 2 is 1.71 bits per heavy atom. The third-order valence-electron chi connectivity index (χ3n) is 5.36. The van der Waals surface area contributed by atoms with Crippen molar-refractivity contribution in [3.05, 3.63) is 57.1 Å². The number of rotatable bonds is 9. The summed E-state index contributed by atoms with van der Waals surface area (Å²) < 4.78 is 21.3. The Labute approximate surface area is 207 Å². The summed E-state index contributed by atoms with van der Waals surface area (Å²) in [4.78, 5) is 27.4. The number of amides is 1. The first-order valence-corrected chi connectivity index (χ1v) is 11.2. The minimum atomic E-state index is -0.903. The summed E-state index contributed by atoms with van der Waals surface area (Å²) in [6, 6.07) is 7.00. The zero-order valence-electron chi connectivity index (χ0n) is 19.2. The predicted molar refractivity (Wildman–Crippen MR) is 128 cm³/mol. The number of ether oxygens (including phenoxy) is 4. The molecule has 0 aliphatic carbocycles. The first kappa shape index (κ1) is 25.7. The van der Waals surface area contributed by atoms with Gasteiger partial charge in [0.05, 0.1) is 49.1 Å². The number of hydrogen-bond acceptors (Lipinski definition) is 7. The van der Waals surface area contributed by atoms with Gasteiger partial charge in [0, 0.05) is 19.2 Å². The van der Waals surface area contributed by atoms with Crippen molar-refractivity contribution in [1.82, 2.24) is 4.90 Å². The molecule has 0 radical (unpaired) electrons. The van der Waals surface area contributed by atoms with Crippen LogP contribution in [-0.2, 0) is 14.3 Å². The zero-order valence-corrected chi connectivity index (χ0v) is 20.7. The Morgan fingerprint density at radius 3 is 2.26 bits per heavy atom. The molecule has 0 aromatic heterocycles. The summed E-state index contributed by atoms with van der Waals surface area (Å²) in [5.41, 5.74) is 0.607. The second kappa shape index (κ2) is 11.0. The number of aliphatic hydroxyl groups excluding tert-OH is 1. The molecule has 1 atom stereocenters. The molecule has 3 rings (SSSR count). The van der Waals surface area contributed by atoms with Gasteiger partial charge >= 0.3 is 0 Å². The molecule has 2 aromatic rings. The average molecular weight is 510 g/mol. The van der Waals surface area contributed by atoms with Gasteiger partial charge in [-0.1, -0.05) is 29.3 Å². The van der Waals surface area contributed by atoms with Crippen LogP contribution in [0, 0.1) is 0 Å². The summed E-state index contributed by atoms with van der Waals surface area (Å²) in [5.74, 6) is -0.851. The number of Topliss-reactive ketones (excluding diaryl/α,β-unsaturated/α-hetero) is 1. The minimum Gasteiger partial charge on any atom is -0.507 e. The molecular formula is C24H25Cl2NO7. The molecule has 0 saturated carbocycles. The number of carbonyl (C=O) groups is 2. The van der Waals surface area contributed by atoms with E-state index < -0.39 is 23.5 Å². The van der Waals surface area contributed by atoms with Gasteiger partial charge in [0.2, 0.25) is 0 Å². The molecule has 1 aliphatic heterocycles. The highest BCUT2D eigenvalue weighted by atomic mass is 35.5. The van der Waals surface area contributed by atoms with E-state index in [1.807, 2.05) is 6.92 Å². The predicted octanol–water partition coefficient (Wildman–Crippen LogP) is 4.48.